The zero-order chi connectivity index (χ0) is 23.2. The fourth-order valence-corrected chi connectivity index (χ4v) is 4.84. The monoisotopic (exact) mass is 577 g/mol. The molecule has 8 nitrogen and oxygen atoms in total. The predicted octanol–water partition coefficient (Wildman–Crippen LogP) is 5.72. The van der Waals surface area contributed by atoms with Crippen LogP contribution in [0.4, 0.5) is 27.9 Å². The summed E-state index contributed by atoms with van der Waals surface area (Å²) in [5.41, 5.74) is 4.33. The van der Waals surface area contributed by atoms with Crippen molar-refractivity contribution >= 4 is 61.6 Å². The molecule has 2 N–H and O–H groups in total. The zero-order valence-corrected chi connectivity index (χ0v) is 21.0. The number of piperidine rings is 1. The van der Waals surface area contributed by atoms with E-state index < -0.39 is 0 Å². The summed E-state index contributed by atoms with van der Waals surface area (Å²) in [5, 5.41) is 7.42. The minimum atomic E-state index is -0.309. The fraction of sp³-hybridized carbons (Fsp3) is 0.273. The molecular formula is C22H22Br2FN7O. The number of hydrogen-bond donors (Lipinski definition) is 2. The lowest BCUT2D eigenvalue weighted by Crippen LogP contribution is -2.31. The van der Waals surface area contributed by atoms with Crippen molar-refractivity contribution < 1.29 is 9.13 Å². The van der Waals surface area contributed by atoms with Crippen LogP contribution in [0.15, 0.2) is 50.4 Å². The van der Waals surface area contributed by atoms with Crippen LogP contribution in [0.3, 0.4) is 0 Å². The van der Waals surface area contributed by atoms with Gasteiger partial charge in [-0.2, -0.15) is 20.1 Å². The smallest absolute Gasteiger partial charge is 0.250 e. The minimum absolute atomic E-state index is 0.291. The van der Waals surface area contributed by atoms with Gasteiger partial charge in [0.25, 0.3) is 0 Å². The highest BCUT2D eigenvalue weighted by Crippen LogP contribution is 2.31. The molecule has 2 heterocycles. The standard InChI is InChI=1S/C22H22Br2FN7O/c1-33-19-14(11-15(23)12-18(19)24)13-26-31-21-28-20(27-17-7-5-16(25)6-8-17)29-22(30-21)32-9-3-2-4-10-32/h5-8,11-13H,2-4,9-10H2,1H3,(H2,27,28,29,30,31). The molecule has 1 aliphatic rings. The van der Waals surface area contributed by atoms with Crippen LogP contribution in [0, 0.1) is 5.82 Å². The second-order valence-corrected chi connectivity index (χ2v) is 9.11. The third-order valence-corrected chi connectivity index (χ3v) is 6.02. The third-order valence-electron chi connectivity index (χ3n) is 4.97. The molecule has 1 aromatic heterocycles. The van der Waals surface area contributed by atoms with E-state index in [1.54, 1.807) is 25.5 Å². The Morgan fingerprint density at radius 3 is 2.48 bits per heavy atom. The number of hydrogen-bond acceptors (Lipinski definition) is 8. The fourth-order valence-electron chi connectivity index (χ4n) is 3.42. The molecule has 3 aromatic rings. The molecule has 0 amide bonds. The summed E-state index contributed by atoms with van der Waals surface area (Å²) in [6.07, 6.45) is 5.00. The lowest BCUT2D eigenvalue weighted by atomic mass is 10.1. The molecule has 0 atom stereocenters. The maximum atomic E-state index is 13.3. The van der Waals surface area contributed by atoms with E-state index in [2.05, 4.69) is 67.6 Å². The Balaban J connectivity index is 1.59. The maximum absolute atomic E-state index is 13.3. The topological polar surface area (TPSA) is 87.6 Å². The van der Waals surface area contributed by atoms with Crippen LogP contribution in [0.1, 0.15) is 24.8 Å². The van der Waals surface area contributed by atoms with Crippen molar-refractivity contribution in [1.82, 2.24) is 15.0 Å². The molecule has 33 heavy (non-hydrogen) atoms. The van der Waals surface area contributed by atoms with Gasteiger partial charge < -0.3 is 15.0 Å². The number of anilines is 4. The molecule has 0 spiro atoms. The molecular weight excluding hydrogens is 557 g/mol. The number of aromatic nitrogens is 3. The highest BCUT2D eigenvalue weighted by Gasteiger charge is 2.16. The first kappa shape index (κ1) is 23.4. The van der Waals surface area contributed by atoms with Gasteiger partial charge in [0, 0.05) is 28.8 Å². The molecule has 1 aliphatic heterocycles. The van der Waals surface area contributed by atoms with Crippen LogP contribution in [0.2, 0.25) is 0 Å². The molecule has 0 bridgehead atoms. The molecule has 11 heteroatoms. The lowest BCUT2D eigenvalue weighted by Gasteiger charge is -2.26. The summed E-state index contributed by atoms with van der Waals surface area (Å²) < 4.78 is 20.4. The van der Waals surface area contributed by atoms with Gasteiger partial charge >= 0.3 is 0 Å². The molecule has 0 aliphatic carbocycles. The summed E-state index contributed by atoms with van der Waals surface area (Å²) in [6, 6.07) is 9.80. The van der Waals surface area contributed by atoms with E-state index in [-0.39, 0.29) is 5.82 Å². The van der Waals surface area contributed by atoms with E-state index in [4.69, 9.17) is 4.74 Å². The number of methoxy groups -OCH3 is 1. The molecule has 1 fully saturated rings. The number of rotatable bonds is 7. The van der Waals surface area contributed by atoms with Gasteiger partial charge in [-0.05, 0) is 71.6 Å². The van der Waals surface area contributed by atoms with Crippen LogP contribution in [-0.2, 0) is 0 Å². The van der Waals surface area contributed by atoms with Crippen molar-refractivity contribution in [2.75, 3.05) is 35.8 Å². The van der Waals surface area contributed by atoms with Crippen molar-refractivity contribution in [3.05, 3.63) is 56.7 Å². The van der Waals surface area contributed by atoms with Crippen molar-refractivity contribution in [2.24, 2.45) is 5.10 Å². The molecule has 4 rings (SSSR count). The summed E-state index contributed by atoms with van der Waals surface area (Å²) in [5.74, 6) is 1.55. The number of halogens is 3. The Morgan fingerprint density at radius 1 is 1.03 bits per heavy atom. The average molecular weight is 579 g/mol. The molecule has 0 unspecified atom stereocenters. The second kappa shape index (κ2) is 10.9. The molecule has 1 saturated heterocycles. The van der Waals surface area contributed by atoms with Crippen LogP contribution in [-0.4, -0.2) is 41.4 Å². The molecule has 2 aromatic carbocycles. The summed E-state index contributed by atoms with van der Waals surface area (Å²) in [7, 11) is 1.60. The highest BCUT2D eigenvalue weighted by atomic mass is 79.9. The average Bonchev–Trinajstić information content (AvgIpc) is 2.81. The quantitative estimate of drug-likeness (QED) is 0.274. The Hall–Kier alpha value is -2.79. The van der Waals surface area contributed by atoms with Crippen molar-refractivity contribution in [1.29, 1.82) is 0 Å². The van der Waals surface area contributed by atoms with Gasteiger partial charge in [-0.3, -0.25) is 0 Å². The van der Waals surface area contributed by atoms with Crippen LogP contribution >= 0.6 is 31.9 Å². The van der Waals surface area contributed by atoms with E-state index in [1.807, 2.05) is 12.1 Å². The summed E-state index contributed by atoms with van der Waals surface area (Å²) >= 11 is 6.96. The van der Waals surface area contributed by atoms with E-state index in [0.29, 0.717) is 29.3 Å². The van der Waals surface area contributed by atoms with Gasteiger partial charge in [0.05, 0.1) is 17.8 Å². The number of hydrazone groups is 1. The molecule has 172 valence electrons. The van der Waals surface area contributed by atoms with Gasteiger partial charge in [0.2, 0.25) is 17.8 Å². The Kier molecular flexibility index (Phi) is 7.71. The van der Waals surface area contributed by atoms with E-state index in [9.17, 15) is 4.39 Å². The maximum Gasteiger partial charge on any atom is 0.250 e. The predicted molar refractivity (Wildman–Crippen MR) is 135 cm³/mol. The van der Waals surface area contributed by atoms with Gasteiger partial charge in [0.1, 0.15) is 11.6 Å². The van der Waals surface area contributed by atoms with Crippen LogP contribution in [0.25, 0.3) is 0 Å². The van der Waals surface area contributed by atoms with E-state index >= 15 is 0 Å². The van der Waals surface area contributed by atoms with E-state index in [0.717, 1.165) is 40.4 Å². The number of nitrogens with one attached hydrogen (secondary N) is 2. The van der Waals surface area contributed by atoms with Crippen molar-refractivity contribution in [3.8, 4) is 5.75 Å². The van der Waals surface area contributed by atoms with Gasteiger partial charge in [-0.25, -0.2) is 9.82 Å². The second-order valence-electron chi connectivity index (χ2n) is 7.34. The number of ether oxygens (including phenoxy) is 1. The van der Waals surface area contributed by atoms with Crippen LogP contribution in [0.5, 0.6) is 5.75 Å². The van der Waals surface area contributed by atoms with Gasteiger partial charge in [0.15, 0.2) is 0 Å². The first-order chi connectivity index (χ1) is 16.0. The largest absolute Gasteiger partial charge is 0.495 e. The first-order valence-corrected chi connectivity index (χ1v) is 12.0. The Morgan fingerprint density at radius 2 is 1.76 bits per heavy atom. The number of benzene rings is 2. The first-order valence-electron chi connectivity index (χ1n) is 10.4. The lowest BCUT2D eigenvalue weighted by molar-refractivity contribution is 0.411. The number of nitrogens with zero attached hydrogens (tertiary/aromatic N) is 5. The normalized spacial score (nSPS) is 13.9. The highest BCUT2D eigenvalue weighted by molar-refractivity contribution is 9.11. The molecule has 0 radical (unpaired) electrons. The summed E-state index contributed by atoms with van der Waals surface area (Å²) in [4.78, 5) is 15.7. The van der Waals surface area contributed by atoms with E-state index in [1.165, 1.54) is 18.6 Å². The minimum Gasteiger partial charge on any atom is -0.495 e. The van der Waals surface area contributed by atoms with Gasteiger partial charge in [-0.1, -0.05) is 15.9 Å². The van der Waals surface area contributed by atoms with Crippen molar-refractivity contribution in [2.45, 2.75) is 19.3 Å². The Labute approximate surface area is 207 Å². The molecule has 0 saturated carbocycles. The zero-order valence-electron chi connectivity index (χ0n) is 17.9. The van der Waals surface area contributed by atoms with Crippen LogP contribution < -0.4 is 20.4 Å². The Bertz CT molecular complexity index is 1140. The SMILES string of the molecule is COc1c(Br)cc(Br)cc1C=NNc1nc(Nc2ccc(F)cc2)nc(N2CCCCC2)n1. The third kappa shape index (κ3) is 6.17. The van der Waals surface area contributed by atoms with Crippen molar-refractivity contribution in [3.63, 3.8) is 0 Å². The van der Waals surface area contributed by atoms with Gasteiger partial charge in [-0.15, -0.1) is 0 Å². The summed E-state index contributed by atoms with van der Waals surface area (Å²) in [6.45, 7) is 1.76.